The minimum atomic E-state index is -3.38. The van der Waals surface area contributed by atoms with Crippen molar-refractivity contribution in [2.24, 2.45) is 0 Å². The Morgan fingerprint density at radius 3 is 2.41 bits per heavy atom. The highest BCUT2D eigenvalue weighted by Crippen LogP contribution is 2.18. The van der Waals surface area contributed by atoms with Crippen molar-refractivity contribution in [2.45, 2.75) is 19.8 Å². The van der Waals surface area contributed by atoms with Crippen molar-refractivity contribution in [1.82, 2.24) is 14.1 Å². The summed E-state index contributed by atoms with van der Waals surface area (Å²) in [4.78, 5) is 16.6. The SMILES string of the molecule is CCN1CCN(C(=O)CCN(CCc2ccccc2OC)S(C)(=O)=O)CC1. The van der Waals surface area contributed by atoms with E-state index < -0.39 is 10.0 Å². The van der Waals surface area contributed by atoms with E-state index in [1.807, 2.05) is 29.2 Å². The molecule has 8 heteroatoms. The molecule has 1 aliphatic heterocycles. The van der Waals surface area contributed by atoms with E-state index in [2.05, 4.69) is 11.8 Å². The Bertz CT molecular complexity index is 715. The van der Waals surface area contributed by atoms with Crippen LogP contribution in [0.2, 0.25) is 0 Å². The van der Waals surface area contributed by atoms with Gasteiger partial charge in [0, 0.05) is 45.7 Å². The molecule has 1 aliphatic rings. The number of nitrogens with zero attached hydrogens (tertiary/aromatic N) is 3. The first kappa shape index (κ1) is 21.7. The molecule has 1 amide bonds. The molecular formula is C19H31N3O4S. The van der Waals surface area contributed by atoms with Crippen molar-refractivity contribution in [3.05, 3.63) is 29.8 Å². The van der Waals surface area contributed by atoms with Crippen LogP contribution in [0.4, 0.5) is 0 Å². The smallest absolute Gasteiger partial charge is 0.223 e. The Morgan fingerprint density at radius 1 is 1.15 bits per heavy atom. The standard InChI is InChI=1S/C19H31N3O4S/c1-4-20-13-15-21(16-14-20)19(23)10-12-22(27(3,24)25)11-9-17-7-5-6-8-18(17)26-2/h5-8H,4,9-16H2,1-3H3. The lowest BCUT2D eigenvalue weighted by atomic mass is 10.1. The average Bonchev–Trinajstić information content (AvgIpc) is 2.67. The van der Waals surface area contributed by atoms with Crippen LogP contribution in [-0.2, 0) is 21.2 Å². The second kappa shape index (κ2) is 10.1. The van der Waals surface area contributed by atoms with Crippen LogP contribution in [0.25, 0.3) is 0 Å². The maximum atomic E-state index is 12.5. The van der Waals surface area contributed by atoms with Gasteiger partial charge in [0.25, 0.3) is 0 Å². The van der Waals surface area contributed by atoms with Gasteiger partial charge in [-0.25, -0.2) is 12.7 Å². The number of benzene rings is 1. The molecule has 27 heavy (non-hydrogen) atoms. The molecule has 152 valence electrons. The van der Waals surface area contributed by atoms with E-state index in [1.165, 1.54) is 10.6 Å². The van der Waals surface area contributed by atoms with Gasteiger partial charge < -0.3 is 14.5 Å². The highest BCUT2D eigenvalue weighted by Gasteiger charge is 2.23. The number of carbonyl (C=O) groups is 1. The summed E-state index contributed by atoms with van der Waals surface area (Å²) in [6.07, 6.45) is 1.95. The lowest BCUT2D eigenvalue weighted by Crippen LogP contribution is -2.49. The number of carbonyl (C=O) groups excluding carboxylic acids is 1. The fourth-order valence-electron chi connectivity index (χ4n) is 3.29. The molecule has 1 aromatic carbocycles. The fraction of sp³-hybridized carbons (Fsp3) is 0.632. The number of sulfonamides is 1. The zero-order chi connectivity index (χ0) is 19.9. The zero-order valence-electron chi connectivity index (χ0n) is 16.6. The van der Waals surface area contributed by atoms with Crippen molar-refractivity contribution in [2.75, 3.05) is 59.2 Å². The second-order valence-corrected chi connectivity index (χ2v) is 8.77. The zero-order valence-corrected chi connectivity index (χ0v) is 17.4. The Labute approximate surface area is 162 Å². The topological polar surface area (TPSA) is 70.2 Å². The van der Waals surface area contributed by atoms with Crippen molar-refractivity contribution < 1.29 is 17.9 Å². The van der Waals surface area contributed by atoms with Gasteiger partial charge >= 0.3 is 0 Å². The molecule has 0 radical (unpaired) electrons. The molecule has 0 spiro atoms. The average molecular weight is 398 g/mol. The van der Waals surface area contributed by atoms with E-state index in [-0.39, 0.29) is 18.9 Å². The van der Waals surface area contributed by atoms with Gasteiger partial charge in [-0.2, -0.15) is 0 Å². The van der Waals surface area contributed by atoms with Crippen LogP contribution in [0.5, 0.6) is 5.75 Å². The molecule has 0 N–H and O–H groups in total. The van der Waals surface area contributed by atoms with Gasteiger partial charge in [-0.15, -0.1) is 0 Å². The predicted molar refractivity (Wildman–Crippen MR) is 106 cm³/mol. The summed E-state index contributed by atoms with van der Waals surface area (Å²) < 4.78 is 31.0. The van der Waals surface area contributed by atoms with Crippen LogP contribution >= 0.6 is 0 Å². The summed E-state index contributed by atoms with van der Waals surface area (Å²) in [6.45, 7) is 6.84. The van der Waals surface area contributed by atoms with Crippen LogP contribution in [0.1, 0.15) is 18.9 Å². The third kappa shape index (κ3) is 6.48. The van der Waals surface area contributed by atoms with E-state index in [0.29, 0.717) is 26.1 Å². The highest BCUT2D eigenvalue weighted by atomic mass is 32.2. The summed E-state index contributed by atoms with van der Waals surface area (Å²) >= 11 is 0. The van der Waals surface area contributed by atoms with Gasteiger partial charge in [0.05, 0.1) is 13.4 Å². The molecule has 1 fully saturated rings. The Hall–Kier alpha value is -1.64. The molecular weight excluding hydrogens is 366 g/mol. The predicted octanol–water partition coefficient (Wildman–Crippen LogP) is 1.05. The van der Waals surface area contributed by atoms with Gasteiger partial charge in [0.1, 0.15) is 5.75 Å². The van der Waals surface area contributed by atoms with E-state index in [9.17, 15) is 13.2 Å². The molecule has 2 rings (SSSR count). The molecule has 0 aliphatic carbocycles. The normalized spacial score (nSPS) is 15.9. The largest absolute Gasteiger partial charge is 0.496 e. The minimum Gasteiger partial charge on any atom is -0.496 e. The van der Waals surface area contributed by atoms with E-state index in [0.717, 1.165) is 30.9 Å². The molecule has 1 saturated heterocycles. The number of amides is 1. The molecule has 0 atom stereocenters. The Morgan fingerprint density at radius 2 is 1.81 bits per heavy atom. The van der Waals surface area contributed by atoms with E-state index in [4.69, 9.17) is 4.74 Å². The molecule has 1 heterocycles. The van der Waals surface area contributed by atoms with Gasteiger partial charge in [-0.05, 0) is 24.6 Å². The first-order valence-electron chi connectivity index (χ1n) is 9.42. The maximum absolute atomic E-state index is 12.5. The monoisotopic (exact) mass is 397 g/mol. The minimum absolute atomic E-state index is 0.0247. The Kier molecular flexibility index (Phi) is 8.07. The summed E-state index contributed by atoms with van der Waals surface area (Å²) in [5, 5.41) is 0. The molecule has 1 aromatic rings. The van der Waals surface area contributed by atoms with Crippen LogP contribution in [-0.4, -0.2) is 87.6 Å². The number of ether oxygens (including phenoxy) is 1. The quantitative estimate of drug-likeness (QED) is 0.623. The number of hydrogen-bond donors (Lipinski definition) is 0. The number of rotatable bonds is 9. The second-order valence-electron chi connectivity index (χ2n) is 6.79. The fourth-order valence-corrected chi connectivity index (χ4v) is 4.14. The first-order chi connectivity index (χ1) is 12.8. The lowest BCUT2D eigenvalue weighted by Gasteiger charge is -2.34. The van der Waals surface area contributed by atoms with Crippen molar-refractivity contribution >= 4 is 15.9 Å². The molecule has 0 saturated carbocycles. The summed E-state index contributed by atoms with van der Waals surface area (Å²) in [7, 11) is -1.78. The summed E-state index contributed by atoms with van der Waals surface area (Å²) in [6, 6.07) is 7.58. The third-order valence-electron chi connectivity index (χ3n) is 5.04. The molecule has 0 aromatic heterocycles. The van der Waals surface area contributed by atoms with E-state index in [1.54, 1.807) is 7.11 Å². The van der Waals surface area contributed by atoms with Crippen molar-refractivity contribution in [1.29, 1.82) is 0 Å². The van der Waals surface area contributed by atoms with E-state index >= 15 is 0 Å². The van der Waals surface area contributed by atoms with Gasteiger partial charge in [0.2, 0.25) is 15.9 Å². The van der Waals surface area contributed by atoms with Crippen molar-refractivity contribution in [3.8, 4) is 5.75 Å². The number of piperazine rings is 1. The number of para-hydroxylation sites is 1. The summed E-state index contributed by atoms with van der Waals surface area (Å²) in [5.41, 5.74) is 0.954. The summed E-state index contributed by atoms with van der Waals surface area (Å²) in [5.74, 6) is 0.771. The van der Waals surface area contributed by atoms with Gasteiger partial charge in [-0.3, -0.25) is 4.79 Å². The van der Waals surface area contributed by atoms with Crippen molar-refractivity contribution in [3.63, 3.8) is 0 Å². The van der Waals surface area contributed by atoms with Crippen LogP contribution in [0, 0.1) is 0 Å². The number of hydrogen-bond acceptors (Lipinski definition) is 5. The van der Waals surface area contributed by atoms with Crippen LogP contribution < -0.4 is 4.74 Å². The molecule has 0 bridgehead atoms. The van der Waals surface area contributed by atoms with Gasteiger partial charge in [0.15, 0.2) is 0 Å². The highest BCUT2D eigenvalue weighted by molar-refractivity contribution is 7.88. The third-order valence-corrected chi connectivity index (χ3v) is 6.34. The first-order valence-corrected chi connectivity index (χ1v) is 11.3. The van der Waals surface area contributed by atoms with Crippen LogP contribution in [0.3, 0.4) is 0 Å². The Balaban J connectivity index is 1.90. The number of methoxy groups -OCH3 is 1. The maximum Gasteiger partial charge on any atom is 0.223 e. The lowest BCUT2D eigenvalue weighted by molar-refractivity contribution is -0.133. The molecule has 7 nitrogen and oxygen atoms in total. The van der Waals surface area contributed by atoms with Gasteiger partial charge in [-0.1, -0.05) is 25.1 Å². The molecule has 0 unspecified atom stereocenters. The number of likely N-dealkylation sites (N-methyl/N-ethyl adjacent to an activating group) is 1. The van der Waals surface area contributed by atoms with Crippen LogP contribution in [0.15, 0.2) is 24.3 Å².